The van der Waals surface area contributed by atoms with Crippen molar-refractivity contribution in [3.8, 4) is 11.8 Å². The fourth-order valence-corrected chi connectivity index (χ4v) is 2.05. The summed E-state index contributed by atoms with van der Waals surface area (Å²) in [5, 5.41) is 0. The first-order valence-corrected chi connectivity index (χ1v) is 6.02. The molecule has 0 radical (unpaired) electrons. The van der Waals surface area contributed by atoms with Crippen LogP contribution in [0.1, 0.15) is 18.4 Å². The van der Waals surface area contributed by atoms with Gasteiger partial charge in [0.1, 0.15) is 23.5 Å². The van der Waals surface area contributed by atoms with E-state index in [4.69, 9.17) is 11.5 Å². The molecular formula is C10H12IN5. The number of rotatable bonds is 1. The normalized spacial score (nSPS) is 23.1. The smallest absolute Gasteiger partial charge is 0.144 e. The Balaban J connectivity index is 2.07. The molecule has 1 heterocycles. The Bertz CT molecular complexity index is 424. The number of hydrogen-bond donors (Lipinski definition) is 3. The Hall–Kier alpha value is -1.07. The van der Waals surface area contributed by atoms with Crippen LogP contribution in [0.3, 0.4) is 0 Å². The minimum Gasteiger partial charge on any atom is -0.382 e. The third-order valence-electron chi connectivity index (χ3n) is 2.60. The second-order valence-electron chi connectivity index (χ2n) is 3.76. The third-order valence-corrected chi connectivity index (χ3v) is 3.48. The van der Waals surface area contributed by atoms with Crippen molar-refractivity contribution in [3.63, 3.8) is 0 Å². The van der Waals surface area contributed by atoms with Crippen LogP contribution < -0.4 is 15.0 Å². The van der Waals surface area contributed by atoms with Crippen LogP contribution in [-0.2, 0) is 0 Å². The van der Waals surface area contributed by atoms with E-state index in [0.29, 0.717) is 29.2 Å². The quantitative estimate of drug-likeness (QED) is 0.401. The summed E-state index contributed by atoms with van der Waals surface area (Å²) in [7, 11) is 0. The molecule has 6 heteroatoms. The van der Waals surface area contributed by atoms with E-state index < -0.39 is 0 Å². The van der Waals surface area contributed by atoms with Gasteiger partial charge in [0.25, 0.3) is 0 Å². The topological polar surface area (TPSA) is 89.8 Å². The number of nitrogens with zero attached hydrogens (tertiary/aromatic N) is 2. The molecule has 0 aliphatic heterocycles. The lowest BCUT2D eigenvalue weighted by Crippen LogP contribution is -2.35. The van der Waals surface area contributed by atoms with Crippen molar-refractivity contribution < 1.29 is 0 Å². The van der Waals surface area contributed by atoms with Crippen LogP contribution in [0.4, 0.5) is 11.6 Å². The fraction of sp³-hybridized carbons (Fsp3) is 0.400. The van der Waals surface area contributed by atoms with Gasteiger partial charge in [-0.15, -0.1) is 0 Å². The zero-order valence-corrected chi connectivity index (χ0v) is 10.7. The molecule has 0 atom stereocenters. The van der Waals surface area contributed by atoms with Crippen molar-refractivity contribution >= 4 is 34.5 Å². The second kappa shape index (κ2) is 4.84. The fourth-order valence-electron chi connectivity index (χ4n) is 1.54. The van der Waals surface area contributed by atoms with E-state index in [2.05, 4.69) is 48.2 Å². The van der Waals surface area contributed by atoms with Crippen molar-refractivity contribution in [3.05, 3.63) is 11.9 Å². The molecule has 1 aromatic heterocycles. The van der Waals surface area contributed by atoms with Crippen LogP contribution in [0.2, 0.25) is 0 Å². The van der Waals surface area contributed by atoms with Crippen LogP contribution in [0.25, 0.3) is 0 Å². The van der Waals surface area contributed by atoms with Crippen molar-refractivity contribution in [1.82, 2.24) is 13.5 Å². The van der Waals surface area contributed by atoms with Crippen molar-refractivity contribution in [2.45, 2.75) is 18.9 Å². The maximum absolute atomic E-state index is 5.67. The van der Waals surface area contributed by atoms with Gasteiger partial charge in [-0.3, -0.25) is 3.53 Å². The number of halogens is 1. The van der Waals surface area contributed by atoms with Gasteiger partial charge >= 0.3 is 0 Å². The van der Waals surface area contributed by atoms with Gasteiger partial charge in [0.2, 0.25) is 0 Å². The first kappa shape index (κ1) is 11.4. The summed E-state index contributed by atoms with van der Waals surface area (Å²) in [6.07, 6.45) is 3.49. The van der Waals surface area contributed by atoms with Gasteiger partial charge in [0, 0.05) is 34.8 Å². The molecule has 1 saturated carbocycles. The summed E-state index contributed by atoms with van der Waals surface area (Å²) in [5.74, 6) is 7.24. The molecule has 84 valence electrons. The Morgan fingerprint density at radius 3 is 2.50 bits per heavy atom. The molecule has 1 aromatic rings. The van der Waals surface area contributed by atoms with Crippen LogP contribution in [0.15, 0.2) is 6.33 Å². The lowest BCUT2D eigenvalue weighted by atomic mass is 9.81. The zero-order chi connectivity index (χ0) is 11.5. The summed E-state index contributed by atoms with van der Waals surface area (Å²) in [4.78, 5) is 7.73. The molecule has 0 amide bonds. The van der Waals surface area contributed by atoms with Gasteiger partial charge in [-0.2, -0.15) is 0 Å². The molecule has 1 aliphatic carbocycles. The minimum atomic E-state index is 0.350. The maximum Gasteiger partial charge on any atom is 0.144 e. The van der Waals surface area contributed by atoms with Crippen LogP contribution in [-0.4, -0.2) is 16.0 Å². The summed E-state index contributed by atoms with van der Waals surface area (Å²) in [6.45, 7) is 0. The molecule has 0 aromatic carbocycles. The van der Waals surface area contributed by atoms with Gasteiger partial charge in [0.05, 0.1) is 0 Å². The Labute approximate surface area is 108 Å². The van der Waals surface area contributed by atoms with E-state index >= 15 is 0 Å². The zero-order valence-electron chi connectivity index (χ0n) is 8.57. The van der Waals surface area contributed by atoms with Gasteiger partial charge in [0.15, 0.2) is 0 Å². The molecule has 0 bridgehead atoms. The Kier molecular flexibility index (Phi) is 3.46. The highest BCUT2D eigenvalue weighted by atomic mass is 127. The van der Waals surface area contributed by atoms with E-state index in [-0.39, 0.29) is 0 Å². The lowest BCUT2D eigenvalue weighted by Gasteiger charge is -2.30. The molecule has 1 aliphatic rings. The summed E-state index contributed by atoms with van der Waals surface area (Å²) in [5.41, 5.74) is 11.9. The van der Waals surface area contributed by atoms with E-state index in [1.54, 1.807) is 0 Å². The first-order chi connectivity index (χ1) is 7.70. The van der Waals surface area contributed by atoms with Crippen molar-refractivity contribution in [1.29, 1.82) is 0 Å². The molecular weight excluding hydrogens is 317 g/mol. The largest absolute Gasteiger partial charge is 0.382 e. The van der Waals surface area contributed by atoms with E-state index in [9.17, 15) is 0 Å². The molecule has 0 saturated heterocycles. The predicted octanol–water partition coefficient (Wildman–Crippen LogP) is 0.711. The summed E-state index contributed by atoms with van der Waals surface area (Å²) in [6, 6.07) is 0.585. The van der Waals surface area contributed by atoms with E-state index in [0.717, 1.165) is 12.8 Å². The first-order valence-electron chi connectivity index (χ1n) is 4.94. The van der Waals surface area contributed by atoms with Gasteiger partial charge in [-0.1, -0.05) is 11.8 Å². The van der Waals surface area contributed by atoms with Gasteiger partial charge in [-0.05, 0) is 12.8 Å². The van der Waals surface area contributed by atoms with Crippen molar-refractivity contribution in [2.75, 3.05) is 11.5 Å². The van der Waals surface area contributed by atoms with Crippen LogP contribution >= 0.6 is 22.9 Å². The summed E-state index contributed by atoms with van der Waals surface area (Å²) < 4.78 is 3.18. The highest BCUT2D eigenvalue weighted by Crippen LogP contribution is 2.27. The SMILES string of the molecule is Nc1ncnc(N)c1C#CC1CC(NI)C1. The maximum atomic E-state index is 5.67. The molecule has 5 N–H and O–H groups in total. The number of nitrogens with one attached hydrogen (secondary N) is 1. The third kappa shape index (κ3) is 2.36. The lowest BCUT2D eigenvalue weighted by molar-refractivity contribution is 0.323. The standard InChI is InChI=1S/C10H12IN5/c11-16-7-3-6(4-7)1-2-8-9(12)14-5-15-10(8)13/h5-7,16H,3-4H2,(H4,12,13,14,15). The number of hydrogen-bond acceptors (Lipinski definition) is 5. The van der Waals surface area contributed by atoms with Gasteiger partial charge < -0.3 is 11.5 Å². The highest BCUT2D eigenvalue weighted by Gasteiger charge is 2.26. The molecule has 1 fully saturated rings. The molecule has 2 rings (SSSR count). The van der Waals surface area contributed by atoms with Crippen LogP contribution in [0, 0.1) is 17.8 Å². The van der Waals surface area contributed by atoms with Crippen LogP contribution in [0.5, 0.6) is 0 Å². The number of aromatic nitrogens is 2. The van der Waals surface area contributed by atoms with Crippen molar-refractivity contribution in [2.24, 2.45) is 5.92 Å². The number of nitrogens with two attached hydrogens (primary N) is 2. The summed E-state index contributed by atoms with van der Waals surface area (Å²) >= 11 is 2.17. The van der Waals surface area contributed by atoms with Gasteiger partial charge in [-0.25, -0.2) is 9.97 Å². The average Bonchev–Trinajstić information content (AvgIpc) is 2.19. The number of nitrogen functional groups attached to an aromatic ring is 2. The predicted molar refractivity (Wildman–Crippen MR) is 71.4 cm³/mol. The Morgan fingerprint density at radius 1 is 1.31 bits per heavy atom. The molecule has 0 unspecified atom stereocenters. The number of anilines is 2. The Morgan fingerprint density at radius 2 is 1.94 bits per heavy atom. The highest BCUT2D eigenvalue weighted by molar-refractivity contribution is 14.1. The molecule has 5 nitrogen and oxygen atoms in total. The minimum absolute atomic E-state index is 0.350. The molecule has 0 spiro atoms. The molecule has 16 heavy (non-hydrogen) atoms. The second-order valence-corrected chi connectivity index (χ2v) is 4.39. The van der Waals surface area contributed by atoms with E-state index in [1.165, 1.54) is 6.33 Å². The monoisotopic (exact) mass is 329 g/mol. The van der Waals surface area contributed by atoms with E-state index in [1.807, 2.05) is 0 Å². The average molecular weight is 329 g/mol.